The first kappa shape index (κ1) is 15.2. The van der Waals surface area contributed by atoms with Crippen molar-refractivity contribution >= 4 is 16.5 Å². The third-order valence-electron chi connectivity index (χ3n) is 3.87. The minimum absolute atomic E-state index is 0.0906. The molecule has 2 N–H and O–H groups in total. The van der Waals surface area contributed by atoms with Gasteiger partial charge >= 0.3 is 0 Å². The van der Waals surface area contributed by atoms with Gasteiger partial charge in [-0.1, -0.05) is 11.3 Å². The van der Waals surface area contributed by atoms with Crippen LogP contribution in [0.2, 0.25) is 0 Å². The molecule has 0 aromatic carbocycles. The summed E-state index contributed by atoms with van der Waals surface area (Å²) in [5.41, 5.74) is 6.51. The average Bonchev–Trinajstić information content (AvgIpc) is 2.96. The number of aromatic nitrogens is 2. The molecule has 3 heterocycles. The van der Waals surface area contributed by atoms with Crippen molar-refractivity contribution in [2.24, 2.45) is 0 Å². The number of nitrogen functional groups attached to an aromatic ring is 1. The van der Waals surface area contributed by atoms with Crippen molar-refractivity contribution < 1.29 is 9.13 Å². The SMILES string of the molecule is Cc1ccc(O[C@@H]2C[C@H](C)N(Cc3sc(N)nc3F)C2)cn1. The van der Waals surface area contributed by atoms with Gasteiger partial charge in [0.1, 0.15) is 11.9 Å². The fourth-order valence-corrected chi connectivity index (χ4v) is 3.44. The summed E-state index contributed by atoms with van der Waals surface area (Å²) < 4.78 is 19.6. The molecule has 0 amide bonds. The van der Waals surface area contributed by atoms with Gasteiger partial charge in [0.05, 0.1) is 11.1 Å². The summed E-state index contributed by atoms with van der Waals surface area (Å²) in [6.45, 7) is 5.34. The lowest BCUT2D eigenvalue weighted by molar-refractivity contribution is 0.194. The average molecular weight is 322 g/mol. The lowest BCUT2D eigenvalue weighted by Gasteiger charge is -2.19. The van der Waals surface area contributed by atoms with Gasteiger partial charge in [-0.25, -0.2) is 0 Å². The van der Waals surface area contributed by atoms with Gasteiger partial charge in [0, 0.05) is 31.2 Å². The molecule has 3 rings (SSSR count). The van der Waals surface area contributed by atoms with Crippen molar-refractivity contribution in [2.45, 2.75) is 39.0 Å². The summed E-state index contributed by atoms with van der Waals surface area (Å²) in [4.78, 5) is 10.7. The normalized spacial score (nSPS) is 22.1. The zero-order valence-electron chi connectivity index (χ0n) is 12.6. The maximum atomic E-state index is 13.6. The van der Waals surface area contributed by atoms with Gasteiger partial charge in [-0.15, -0.1) is 0 Å². The topological polar surface area (TPSA) is 64.3 Å². The molecular weight excluding hydrogens is 303 g/mol. The number of rotatable bonds is 4. The van der Waals surface area contributed by atoms with Gasteiger partial charge < -0.3 is 10.5 Å². The molecule has 5 nitrogen and oxygen atoms in total. The highest BCUT2D eigenvalue weighted by atomic mass is 32.1. The van der Waals surface area contributed by atoms with E-state index in [9.17, 15) is 4.39 Å². The van der Waals surface area contributed by atoms with Gasteiger partial charge in [0.15, 0.2) is 5.13 Å². The van der Waals surface area contributed by atoms with E-state index < -0.39 is 5.95 Å². The molecule has 22 heavy (non-hydrogen) atoms. The number of hydrogen-bond acceptors (Lipinski definition) is 6. The van der Waals surface area contributed by atoms with Gasteiger partial charge in [-0.2, -0.15) is 9.37 Å². The summed E-state index contributed by atoms with van der Waals surface area (Å²) in [6, 6.07) is 4.19. The molecular formula is C15H19FN4OS. The predicted molar refractivity (Wildman–Crippen MR) is 84.4 cm³/mol. The molecule has 2 aromatic rings. The van der Waals surface area contributed by atoms with Gasteiger partial charge in [0.2, 0.25) is 5.95 Å². The molecule has 1 aliphatic rings. The Labute approximate surface area is 132 Å². The van der Waals surface area contributed by atoms with Crippen molar-refractivity contribution in [2.75, 3.05) is 12.3 Å². The van der Waals surface area contributed by atoms with Crippen molar-refractivity contribution in [3.63, 3.8) is 0 Å². The monoisotopic (exact) mass is 322 g/mol. The van der Waals surface area contributed by atoms with Crippen molar-refractivity contribution in [1.82, 2.24) is 14.9 Å². The van der Waals surface area contributed by atoms with Crippen LogP contribution in [0.4, 0.5) is 9.52 Å². The number of likely N-dealkylation sites (tertiary alicyclic amines) is 1. The van der Waals surface area contributed by atoms with E-state index in [0.717, 1.165) is 24.4 Å². The molecule has 7 heteroatoms. The highest BCUT2D eigenvalue weighted by Crippen LogP contribution is 2.27. The number of nitrogens with zero attached hydrogens (tertiary/aromatic N) is 3. The molecule has 2 atom stereocenters. The van der Waals surface area contributed by atoms with Crippen molar-refractivity contribution in [1.29, 1.82) is 0 Å². The Balaban J connectivity index is 1.61. The minimum Gasteiger partial charge on any atom is -0.487 e. The van der Waals surface area contributed by atoms with E-state index in [0.29, 0.717) is 17.5 Å². The molecule has 0 bridgehead atoms. The first-order valence-corrected chi connectivity index (χ1v) is 8.07. The van der Waals surface area contributed by atoms with E-state index in [1.54, 1.807) is 6.20 Å². The highest BCUT2D eigenvalue weighted by Gasteiger charge is 2.31. The summed E-state index contributed by atoms with van der Waals surface area (Å²) in [6.07, 6.45) is 2.74. The number of thiazole rings is 1. The molecule has 1 aliphatic heterocycles. The summed E-state index contributed by atoms with van der Waals surface area (Å²) in [5.74, 6) is 0.319. The molecule has 0 spiro atoms. The maximum absolute atomic E-state index is 13.6. The quantitative estimate of drug-likeness (QED) is 0.937. The molecule has 0 unspecified atom stereocenters. The Kier molecular flexibility index (Phi) is 4.26. The smallest absolute Gasteiger partial charge is 0.230 e. The second-order valence-electron chi connectivity index (χ2n) is 5.66. The largest absolute Gasteiger partial charge is 0.487 e. The third-order valence-corrected chi connectivity index (χ3v) is 4.71. The third kappa shape index (κ3) is 3.36. The van der Waals surface area contributed by atoms with Crippen LogP contribution < -0.4 is 10.5 Å². The molecule has 1 fully saturated rings. The number of aryl methyl sites for hydroxylation is 1. The molecule has 0 aliphatic carbocycles. The van der Waals surface area contributed by atoms with Crippen LogP contribution in [0, 0.1) is 12.9 Å². The standard InChI is InChI=1S/C15H19FN4OS/c1-9-3-4-11(6-18-9)21-12-5-10(2)20(7-12)8-13-14(16)19-15(17)22-13/h3-4,6,10,12H,5,7-8H2,1-2H3,(H2,17,19)/t10-,12+/m0/s1. The van der Waals surface area contributed by atoms with Crippen LogP contribution in [-0.2, 0) is 6.54 Å². The summed E-state index contributed by atoms with van der Waals surface area (Å²) >= 11 is 1.21. The van der Waals surface area contributed by atoms with E-state index in [1.807, 2.05) is 19.1 Å². The Morgan fingerprint density at radius 3 is 2.95 bits per heavy atom. The molecule has 0 saturated carbocycles. The molecule has 2 aromatic heterocycles. The van der Waals surface area contributed by atoms with Crippen LogP contribution in [0.1, 0.15) is 23.9 Å². The van der Waals surface area contributed by atoms with Crippen molar-refractivity contribution in [3.05, 3.63) is 34.8 Å². The predicted octanol–water partition coefficient (Wildman–Crippen LogP) is 2.61. The Bertz CT molecular complexity index is 645. The Hall–Kier alpha value is -1.73. The zero-order valence-corrected chi connectivity index (χ0v) is 13.4. The fourth-order valence-electron chi connectivity index (χ4n) is 2.70. The van der Waals surface area contributed by atoms with Crippen LogP contribution in [0.5, 0.6) is 5.75 Å². The minimum atomic E-state index is -0.457. The highest BCUT2D eigenvalue weighted by molar-refractivity contribution is 7.15. The summed E-state index contributed by atoms with van der Waals surface area (Å²) in [7, 11) is 0. The number of ether oxygens (including phenoxy) is 1. The lowest BCUT2D eigenvalue weighted by atomic mass is 10.2. The lowest BCUT2D eigenvalue weighted by Crippen LogP contribution is -2.28. The first-order valence-electron chi connectivity index (χ1n) is 7.25. The van der Waals surface area contributed by atoms with Crippen LogP contribution in [-0.4, -0.2) is 33.6 Å². The number of halogens is 1. The fraction of sp³-hybridized carbons (Fsp3) is 0.467. The number of hydrogen-bond donors (Lipinski definition) is 1. The van der Waals surface area contributed by atoms with Gasteiger partial charge in [-0.3, -0.25) is 9.88 Å². The Morgan fingerprint density at radius 1 is 1.50 bits per heavy atom. The van der Waals surface area contributed by atoms with Gasteiger partial charge in [0.25, 0.3) is 0 Å². The van der Waals surface area contributed by atoms with E-state index in [-0.39, 0.29) is 11.2 Å². The molecule has 118 valence electrons. The molecule has 1 saturated heterocycles. The second-order valence-corrected chi connectivity index (χ2v) is 6.77. The second kappa shape index (κ2) is 6.18. The van der Waals surface area contributed by atoms with Crippen LogP contribution in [0.25, 0.3) is 0 Å². The van der Waals surface area contributed by atoms with E-state index >= 15 is 0 Å². The number of anilines is 1. The molecule has 0 radical (unpaired) electrons. The van der Waals surface area contributed by atoms with Crippen LogP contribution in [0.3, 0.4) is 0 Å². The number of pyridine rings is 1. The Morgan fingerprint density at radius 2 is 2.32 bits per heavy atom. The zero-order chi connectivity index (χ0) is 15.7. The summed E-state index contributed by atoms with van der Waals surface area (Å²) in [5, 5.41) is 0.276. The maximum Gasteiger partial charge on any atom is 0.230 e. The van der Waals surface area contributed by atoms with Gasteiger partial charge in [-0.05, 0) is 26.0 Å². The van der Waals surface area contributed by atoms with Crippen molar-refractivity contribution in [3.8, 4) is 5.75 Å². The first-order chi connectivity index (χ1) is 10.5. The van der Waals surface area contributed by atoms with Crippen LogP contribution in [0.15, 0.2) is 18.3 Å². The van der Waals surface area contributed by atoms with E-state index in [4.69, 9.17) is 10.5 Å². The van der Waals surface area contributed by atoms with Crippen LogP contribution >= 0.6 is 11.3 Å². The number of nitrogens with two attached hydrogens (primary N) is 1. The van der Waals surface area contributed by atoms with E-state index in [2.05, 4.69) is 21.8 Å². The van der Waals surface area contributed by atoms with E-state index in [1.165, 1.54) is 11.3 Å².